The van der Waals surface area contributed by atoms with Gasteiger partial charge in [0.05, 0.1) is 11.9 Å². The molecule has 0 aliphatic heterocycles. The maximum atomic E-state index is 12.6. The first-order valence-corrected chi connectivity index (χ1v) is 10.9. The van der Waals surface area contributed by atoms with Crippen LogP contribution in [0.3, 0.4) is 0 Å². The van der Waals surface area contributed by atoms with Crippen LogP contribution in [0.4, 0.5) is 5.69 Å². The minimum absolute atomic E-state index is 0.299. The average molecular weight is 389 g/mol. The van der Waals surface area contributed by atoms with Crippen LogP contribution in [0.1, 0.15) is 30.0 Å². The van der Waals surface area contributed by atoms with Gasteiger partial charge in [-0.1, -0.05) is 36.4 Å². The summed E-state index contributed by atoms with van der Waals surface area (Å²) in [7, 11) is -3.59. The minimum atomic E-state index is -3.59. The van der Waals surface area contributed by atoms with Crippen LogP contribution in [0.15, 0.2) is 48.5 Å². The van der Waals surface area contributed by atoms with E-state index in [-0.39, 0.29) is 5.91 Å². The van der Waals surface area contributed by atoms with Gasteiger partial charge in [-0.3, -0.25) is 9.10 Å². The first-order valence-electron chi connectivity index (χ1n) is 9.08. The second-order valence-corrected chi connectivity index (χ2v) is 8.74. The number of carbonyl (C=O) groups excluding carboxylic acids is 1. The zero-order valence-electron chi connectivity index (χ0n) is 16.4. The summed E-state index contributed by atoms with van der Waals surface area (Å²) >= 11 is 0. The van der Waals surface area contributed by atoms with Crippen molar-refractivity contribution >= 4 is 21.6 Å². The number of carbonyl (C=O) groups is 1. The molecule has 0 aliphatic rings. The lowest BCUT2D eigenvalue weighted by Gasteiger charge is -2.28. The number of benzene rings is 2. The summed E-state index contributed by atoms with van der Waals surface area (Å²) in [5, 5.41) is 2.86. The van der Waals surface area contributed by atoms with Gasteiger partial charge in [0.25, 0.3) is 0 Å². The van der Waals surface area contributed by atoms with Crippen LogP contribution in [-0.4, -0.2) is 33.2 Å². The predicted octanol–water partition coefficient (Wildman–Crippen LogP) is 3.21. The molecule has 0 saturated heterocycles. The lowest BCUT2D eigenvalue weighted by atomic mass is 10.1. The molecule has 27 heavy (non-hydrogen) atoms. The van der Waals surface area contributed by atoms with E-state index in [2.05, 4.69) is 17.4 Å². The molecule has 2 rings (SSSR count). The van der Waals surface area contributed by atoms with E-state index in [0.29, 0.717) is 12.2 Å². The monoisotopic (exact) mass is 388 g/mol. The Morgan fingerprint density at radius 3 is 2.33 bits per heavy atom. The quantitative estimate of drug-likeness (QED) is 0.706. The van der Waals surface area contributed by atoms with E-state index in [9.17, 15) is 13.2 Å². The van der Waals surface area contributed by atoms with Crippen LogP contribution in [-0.2, 0) is 21.2 Å². The van der Waals surface area contributed by atoms with Crippen molar-refractivity contribution in [1.82, 2.24) is 5.32 Å². The molecule has 146 valence electrons. The van der Waals surface area contributed by atoms with E-state index in [0.717, 1.165) is 30.2 Å². The minimum Gasteiger partial charge on any atom is -0.354 e. The number of rotatable bonds is 8. The Hall–Kier alpha value is -2.34. The molecular weight excluding hydrogens is 360 g/mol. The van der Waals surface area contributed by atoms with E-state index in [1.165, 1.54) is 9.87 Å². The second kappa shape index (κ2) is 9.04. The van der Waals surface area contributed by atoms with Crippen LogP contribution < -0.4 is 9.62 Å². The Morgan fingerprint density at radius 2 is 1.74 bits per heavy atom. The Balaban J connectivity index is 2.03. The van der Waals surface area contributed by atoms with E-state index >= 15 is 0 Å². The molecule has 0 fully saturated rings. The third-order valence-electron chi connectivity index (χ3n) is 4.62. The highest BCUT2D eigenvalue weighted by Gasteiger charge is 2.29. The molecule has 6 heteroatoms. The van der Waals surface area contributed by atoms with Gasteiger partial charge in [-0.15, -0.1) is 0 Å². The molecule has 1 amide bonds. The molecule has 2 aromatic rings. The molecule has 1 atom stereocenters. The summed E-state index contributed by atoms with van der Waals surface area (Å²) in [6.07, 6.45) is 2.79. The molecule has 0 radical (unpaired) electrons. The number of hydrogen-bond donors (Lipinski definition) is 1. The number of aryl methyl sites for hydroxylation is 3. The van der Waals surface area contributed by atoms with Crippen LogP contribution >= 0.6 is 0 Å². The number of nitrogens with one attached hydrogen (secondary N) is 1. The van der Waals surface area contributed by atoms with Crippen molar-refractivity contribution in [1.29, 1.82) is 0 Å². The van der Waals surface area contributed by atoms with Gasteiger partial charge in [0.2, 0.25) is 15.9 Å². The summed E-state index contributed by atoms with van der Waals surface area (Å²) in [5.74, 6) is -0.299. The maximum absolute atomic E-state index is 12.6. The number of anilines is 1. The average Bonchev–Trinajstić information content (AvgIpc) is 2.61. The molecule has 5 nitrogen and oxygen atoms in total. The van der Waals surface area contributed by atoms with E-state index in [4.69, 9.17) is 0 Å². The number of amides is 1. The topological polar surface area (TPSA) is 66.5 Å². The van der Waals surface area contributed by atoms with E-state index in [1.807, 2.05) is 38.1 Å². The van der Waals surface area contributed by atoms with Crippen molar-refractivity contribution in [3.05, 3.63) is 65.2 Å². The standard InChI is InChI=1S/C21H28N2O3S/c1-16-12-13-20(15-17(16)2)23(27(4,25)26)18(3)21(24)22-14-8-11-19-9-6-5-7-10-19/h5-7,9-10,12-13,15,18H,8,11,14H2,1-4H3,(H,22,24)/t18-/m0/s1. The van der Waals surface area contributed by atoms with Crippen molar-refractivity contribution in [2.24, 2.45) is 0 Å². The van der Waals surface area contributed by atoms with Crippen LogP contribution in [0, 0.1) is 13.8 Å². The SMILES string of the molecule is Cc1ccc(N([C@@H](C)C(=O)NCCCc2ccccc2)S(C)(=O)=O)cc1C. The van der Waals surface area contributed by atoms with Crippen LogP contribution in [0.25, 0.3) is 0 Å². The van der Waals surface area contributed by atoms with Crippen molar-refractivity contribution < 1.29 is 13.2 Å². The number of hydrogen-bond acceptors (Lipinski definition) is 3. The van der Waals surface area contributed by atoms with Gasteiger partial charge in [0.15, 0.2) is 0 Å². The Morgan fingerprint density at radius 1 is 1.07 bits per heavy atom. The Labute approximate surface area is 162 Å². The molecule has 0 bridgehead atoms. The normalized spacial score (nSPS) is 12.4. The zero-order valence-corrected chi connectivity index (χ0v) is 17.2. The zero-order chi connectivity index (χ0) is 20.0. The summed E-state index contributed by atoms with van der Waals surface area (Å²) in [4.78, 5) is 12.6. The molecule has 0 spiro atoms. The van der Waals surface area contributed by atoms with Crippen LogP contribution in [0.5, 0.6) is 0 Å². The van der Waals surface area contributed by atoms with Crippen molar-refractivity contribution in [3.63, 3.8) is 0 Å². The number of sulfonamides is 1. The fourth-order valence-electron chi connectivity index (χ4n) is 2.97. The highest BCUT2D eigenvalue weighted by atomic mass is 32.2. The first kappa shape index (κ1) is 21.0. The van der Waals surface area contributed by atoms with Crippen LogP contribution in [0.2, 0.25) is 0 Å². The molecular formula is C21H28N2O3S. The van der Waals surface area contributed by atoms with Crippen molar-refractivity contribution in [2.75, 3.05) is 17.1 Å². The van der Waals surface area contributed by atoms with Gasteiger partial charge in [0, 0.05) is 6.54 Å². The highest BCUT2D eigenvalue weighted by Crippen LogP contribution is 2.23. The van der Waals surface area contributed by atoms with Crippen molar-refractivity contribution in [2.45, 2.75) is 39.7 Å². The third-order valence-corrected chi connectivity index (χ3v) is 5.86. The van der Waals surface area contributed by atoms with Crippen molar-refractivity contribution in [3.8, 4) is 0 Å². The lowest BCUT2D eigenvalue weighted by Crippen LogP contribution is -2.48. The Bertz CT molecular complexity index is 880. The van der Waals surface area contributed by atoms with Gasteiger partial charge in [-0.2, -0.15) is 0 Å². The molecule has 0 saturated carbocycles. The molecule has 0 aliphatic carbocycles. The molecule has 0 unspecified atom stereocenters. The van der Waals surface area contributed by atoms with Gasteiger partial charge >= 0.3 is 0 Å². The van der Waals surface area contributed by atoms with Gasteiger partial charge in [-0.05, 0) is 62.4 Å². The summed E-state index contributed by atoms with van der Waals surface area (Å²) < 4.78 is 25.9. The van der Waals surface area contributed by atoms with E-state index < -0.39 is 16.1 Å². The summed E-state index contributed by atoms with van der Waals surface area (Å²) in [6.45, 7) is 6.01. The Kier molecular flexibility index (Phi) is 7.02. The van der Waals surface area contributed by atoms with Gasteiger partial charge < -0.3 is 5.32 Å². The largest absolute Gasteiger partial charge is 0.354 e. The number of nitrogens with zero attached hydrogens (tertiary/aromatic N) is 1. The fraction of sp³-hybridized carbons (Fsp3) is 0.381. The highest BCUT2D eigenvalue weighted by molar-refractivity contribution is 7.92. The van der Waals surface area contributed by atoms with Gasteiger partial charge in [-0.25, -0.2) is 8.42 Å². The maximum Gasteiger partial charge on any atom is 0.243 e. The predicted molar refractivity (Wildman–Crippen MR) is 110 cm³/mol. The smallest absolute Gasteiger partial charge is 0.243 e. The summed E-state index contributed by atoms with van der Waals surface area (Å²) in [5.41, 5.74) is 3.78. The molecule has 2 aromatic carbocycles. The molecule has 0 aromatic heterocycles. The third kappa shape index (κ3) is 5.82. The molecule has 0 heterocycles. The lowest BCUT2D eigenvalue weighted by molar-refractivity contribution is -0.121. The summed E-state index contributed by atoms with van der Waals surface area (Å²) in [6, 6.07) is 14.6. The molecule has 1 N–H and O–H groups in total. The van der Waals surface area contributed by atoms with Gasteiger partial charge in [0.1, 0.15) is 6.04 Å². The fourth-order valence-corrected chi connectivity index (χ4v) is 4.13. The van der Waals surface area contributed by atoms with E-state index in [1.54, 1.807) is 19.1 Å². The second-order valence-electron chi connectivity index (χ2n) is 6.88. The first-order chi connectivity index (χ1) is 12.7.